The van der Waals surface area contributed by atoms with Crippen LogP contribution < -0.4 is 9.47 Å². The molecule has 0 heterocycles. The molecule has 3 nitrogen and oxygen atoms in total. The molecule has 0 saturated carbocycles. The topological polar surface area (TPSA) is 35.5 Å². The van der Waals surface area contributed by atoms with Gasteiger partial charge in [-0.15, -0.1) is 0 Å². The largest absolute Gasteiger partial charge is 0.493 e. The first-order valence-corrected chi connectivity index (χ1v) is 7.50. The Bertz CT molecular complexity index is 632. The maximum absolute atomic E-state index is 11.6. The first kappa shape index (κ1) is 15.4. The van der Waals surface area contributed by atoms with Crippen molar-refractivity contribution in [3.05, 3.63) is 35.9 Å². The van der Waals surface area contributed by atoms with Gasteiger partial charge in [0, 0.05) is 16.3 Å². The zero-order valence-corrected chi connectivity index (χ0v) is 12.9. The van der Waals surface area contributed by atoms with Gasteiger partial charge >= 0.3 is 0 Å². The fraction of sp³-hybridized carbons (Fsp3) is 0.389. The molecule has 0 saturated heterocycles. The second-order valence-corrected chi connectivity index (χ2v) is 5.08. The van der Waals surface area contributed by atoms with E-state index in [1.54, 1.807) is 6.92 Å². The molecule has 0 spiro atoms. The van der Waals surface area contributed by atoms with Crippen molar-refractivity contribution in [3.8, 4) is 11.5 Å². The second-order valence-electron chi connectivity index (χ2n) is 5.08. The van der Waals surface area contributed by atoms with Crippen molar-refractivity contribution in [1.29, 1.82) is 0 Å². The molecule has 3 heteroatoms. The number of Topliss-reactive ketones (excluding diaryl/α,β-unsaturated/α-hetero) is 1. The van der Waals surface area contributed by atoms with Crippen LogP contribution in [0.4, 0.5) is 0 Å². The summed E-state index contributed by atoms with van der Waals surface area (Å²) in [5.41, 5.74) is 0.691. The molecule has 0 bridgehead atoms. The first-order valence-electron chi connectivity index (χ1n) is 7.50. The van der Waals surface area contributed by atoms with E-state index in [2.05, 4.69) is 13.8 Å². The second kappa shape index (κ2) is 7.11. The normalized spacial score (nSPS) is 10.6. The van der Waals surface area contributed by atoms with Gasteiger partial charge in [0.05, 0.1) is 13.2 Å². The van der Waals surface area contributed by atoms with Crippen LogP contribution in [-0.2, 0) is 0 Å². The molecular formula is C18H22O3. The van der Waals surface area contributed by atoms with Crippen LogP contribution in [0.15, 0.2) is 30.3 Å². The van der Waals surface area contributed by atoms with E-state index in [-0.39, 0.29) is 5.78 Å². The Morgan fingerprint density at radius 3 is 2.00 bits per heavy atom. The van der Waals surface area contributed by atoms with Crippen LogP contribution in [0.1, 0.15) is 44.0 Å². The van der Waals surface area contributed by atoms with Crippen LogP contribution >= 0.6 is 0 Å². The highest BCUT2D eigenvalue weighted by Gasteiger charge is 2.10. The standard InChI is InChI=1S/C18H22O3/c1-4-10-20-17-8-9-18(21-11-5-2)16-12-14(13(3)19)6-7-15(16)17/h6-9,12H,4-5,10-11H2,1-3H3. The lowest BCUT2D eigenvalue weighted by Crippen LogP contribution is -2.00. The zero-order chi connectivity index (χ0) is 15.2. The summed E-state index contributed by atoms with van der Waals surface area (Å²) in [5.74, 6) is 1.70. The van der Waals surface area contributed by atoms with Gasteiger partial charge in [0.2, 0.25) is 0 Å². The molecule has 0 aliphatic carbocycles. The number of benzene rings is 2. The number of hydrogen-bond donors (Lipinski definition) is 0. The van der Waals surface area contributed by atoms with Gasteiger partial charge < -0.3 is 9.47 Å². The van der Waals surface area contributed by atoms with Crippen LogP contribution in [0.2, 0.25) is 0 Å². The highest BCUT2D eigenvalue weighted by atomic mass is 16.5. The van der Waals surface area contributed by atoms with Crippen LogP contribution in [0.25, 0.3) is 10.8 Å². The number of fused-ring (bicyclic) bond motifs is 1. The van der Waals surface area contributed by atoms with Crippen molar-refractivity contribution in [2.24, 2.45) is 0 Å². The average Bonchev–Trinajstić information content (AvgIpc) is 2.50. The summed E-state index contributed by atoms with van der Waals surface area (Å²) in [6.45, 7) is 7.06. The van der Waals surface area contributed by atoms with E-state index >= 15 is 0 Å². The third-order valence-electron chi connectivity index (χ3n) is 3.27. The Balaban J connectivity index is 2.52. The van der Waals surface area contributed by atoms with E-state index < -0.39 is 0 Å². The molecule has 2 aromatic carbocycles. The summed E-state index contributed by atoms with van der Waals surface area (Å²) in [5, 5.41) is 1.92. The first-order chi connectivity index (χ1) is 10.2. The summed E-state index contributed by atoms with van der Waals surface area (Å²) < 4.78 is 11.6. The molecule has 0 N–H and O–H groups in total. The van der Waals surface area contributed by atoms with E-state index in [4.69, 9.17) is 9.47 Å². The van der Waals surface area contributed by atoms with Gasteiger partial charge in [-0.25, -0.2) is 0 Å². The predicted molar refractivity (Wildman–Crippen MR) is 85.5 cm³/mol. The highest BCUT2D eigenvalue weighted by molar-refractivity contribution is 6.01. The third-order valence-corrected chi connectivity index (χ3v) is 3.27. The summed E-state index contributed by atoms with van der Waals surface area (Å²) >= 11 is 0. The lowest BCUT2D eigenvalue weighted by molar-refractivity contribution is 0.101. The quantitative estimate of drug-likeness (QED) is 0.697. The number of hydrogen-bond acceptors (Lipinski definition) is 3. The highest BCUT2D eigenvalue weighted by Crippen LogP contribution is 2.34. The summed E-state index contributed by atoms with van der Waals surface area (Å²) in [6, 6.07) is 9.54. The molecule has 0 unspecified atom stereocenters. The van der Waals surface area contributed by atoms with E-state index in [1.165, 1.54) is 0 Å². The third kappa shape index (κ3) is 3.54. The lowest BCUT2D eigenvalue weighted by Gasteiger charge is -2.13. The molecule has 0 amide bonds. The van der Waals surface area contributed by atoms with E-state index in [9.17, 15) is 4.79 Å². The number of carbonyl (C=O) groups excluding carboxylic acids is 1. The van der Waals surface area contributed by atoms with E-state index in [1.807, 2.05) is 30.3 Å². The Morgan fingerprint density at radius 1 is 0.905 bits per heavy atom. The summed E-state index contributed by atoms with van der Waals surface area (Å²) in [4.78, 5) is 11.6. The minimum absolute atomic E-state index is 0.0539. The van der Waals surface area contributed by atoms with Crippen LogP contribution in [0.5, 0.6) is 11.5 Å². The summed E-state index contributed by atoms with van der Waals surface area (Å²) in [7, 11) is 0. The van der Waals surface area contributed by atoms with Gasteiger partial charge in [-0.3, -0.25) is 4.79 Å². The minimum Gasteiger partial charge on any atom is -0.493 e. The Morgan fingerprint density at radius 2 is 1.48 bits per heavy atom. The molecule has 0 aliphatic heterocycles. The molecule has 0 aliphatic rings. The minimum atomic E-state index is 0.0539. The number of carbonyl (C=O) groups is 1. The van der Waals surface area contributed by atoms with Gasteiger partial charge in [-0.05, 0) is 44.0 Å². The molecule has 21 heavy (non-hydrogen) atoms. The van der Waals surface area contributed by atoms with Crippen molar-refractivity contribution >= 4 is 16.6 Å². The van der Waals surface area contributed by atoms with Crippen molar-refractivity contribution in [2.75, 3.05) is 13.2 Å². The summed E-state index contributed by atoms with van der Waals surface area (Å²) in [6.07, 6.45) is 1.91. The molecule has 0 fully saturated rings. The van der Waals surface area contributed by atoms with Gasteiger partial charge in [-0.1, -0.05) is 19.9 Å². The molecule has 0 atom stereocenters. The number of ketones is 1. The monoisotopic (exact) mass is 286 g/mol. The zero-order valence-electron chi connectivity index (χ0n) is 12.9. The smallest absolute Gasteiger partial charge is 0.159 e. The fourth-order valence-electron chi connectivity index (χ4n) is 2.19. The molecule has 0 radical (unpaired) electrons. The van der Waals surface area contributed by atoms with Crippen molar-refractivity contribution in [2.45, 2.75) is 33.6 Å². The van der Waals surface area contributed by atoms with E-state index in [0.29, 0.717) is 18.8 Å². The molecular weight excluding hydrogens is 264 g/mol. The van der Waals surface area contributed by atoms with Gasteiger partial charge in [0.25, 0.3) is 0 Å². The maximum Gasteiger partial charge on any atom is 0.159 e. The number of rotatable bonds is 7. The predicted octanol–water partition coefficient (Wildman–Crippen LogP) is 4.62. The lowest BCUT2D eigenvalue weighted by atomic mass is 10.0. The Hall–Kier alpha value is -2.03. The van der Waals surface area contributed by atoms with E-state index in [0.717, 1.165) is 35.1 Å². The average molecular weight is 286 g/mol. The van der Waals surface area contributed by atoms with Crippen molar-refractivity contribution in [3.63, 3.8) is 0 Å². The number of ether oxygens (including phenoxy) is 2. The van der Waals surface area contributed by atoms with Crippen LogP contribution in [0.3, 0.4) is 0 Å². The fourth-order valence-corrected chi connectivity index (χ4v) is 2.19. The van der Waals surface area contributed by atoms with Gasteiger partial charge in [0.15, 0.2) is 5.78 Å². The molecule has 0 aromatic heterocycles. The maximum atomic E-state index is 11.6. The molecule has 2 rings (SSSR count). The van der Waals surface area contributed by atoms with Gasteiger partial charge in [-0.2, -0.15) is 0 Å². The van der Waals surface area contributed by atoms with Crippen LogP contribution in [0, 0.1) is 0 Å². The van der Waals surface area contributed by atoms with Gasteiger partial charge in [0.1, 0.15) is 11.5 Å². The molecule has 2 aromatic rings. The SMILES string of the molecule is CCCOc1ccc(OCCC)c2cc(C(C)=O)ccc12. The molecule has 112 valence electrons. The van der Waals surface area contributed by atoms with Crippen LogP contribution in [-0.4, -0.2) is 19.0 Å². The van der Waals surface area contributed by atoms with Crippen molar-refractivity contribution in [1.82, 2.24) is 0 Å². The Labute approximate surface area is 125 Å². The van der Waals surface area contributed by atoms with Crippen molar-refractivity contribution < 1.29 is 14.3 Å². The Kier molecular flexibility index (Phi) is 5.20.